The summed E-state index contributed by atoms with van der Waals surface area (Å²) >= 11 is 0. The molecule has 0 aliphatic heterocycles. The number of ketones is 1. The van der Waals surface area contributed by atoms with E-state index in [9.17, 15) is 9.59 Å². The molecule has 2 heterocycles. The van der Waals surface area contributed by atoms with Crippen molar-refractivity contribution >= 4 is 11.8 Å². The van der Waals surface area contributed by atoms with Crippen molar-refractivity contribution in [1.29, 1.82) is 0 Å². The van der Waals surface area contributed by atoms with Gasteiger partial charge in [-0.25, -0.2) is 4.79 Å². The summed E-state index contributed by atoms with van der Waals surface area (Å²) in [5.41, 5.74) is 3.86. The summed E-state index contributed by atoms with van der Waals surface area (Å²) in [6.07, 6.45) is 0. The zero-order valence-corrected chi connectivity index (χ0v) is 18.7. The third-order valence-corrected chi connectivity index (χ3v) is 5.26. The highest BCUT2D eigenvalue weighted by Gasteiger charge is 2.20. The molecule has 0 unspecified atom stereocenters. The van der Waals surface area contributed by atoms with Crippen LogP contribution in [0.2, 0.25) is 0 Å². The van der Waals surface area contributed by atoms with Crippen molar-refractivity contribution in [1.82, 2.24) is 9.72 Å². The lowest BCUT2D eigenvalue weighted by molar-refractivity contribution is -0.144. The molecule has 0 fully saturated rings. The fraction of sp³-hybridized carbons (Fsp3) is 0.192. The molecular formula is C26H24N2O5. The second kappa shape index (κ2) is 9.56. The van der Waals surface area contributed by atoms with Crippen molar-refractivity contribution in [3.05, 3.63) is 89.4 Å². The van der Waals surface area contributed by atoms with Gasteiger partial charge in [0.1, 0.15) is 11.5 Å². The van der Waals surface area contributed by atoms with E-state index in [4.69, 9.17) is 14.0 Å². The Bertz CT molecular complexity index is 1290. The molecule has 0 N–H and O–H groups in total. The number of carbonyl (C=O) groups excluding carboxylic acids is 2. The van der Waals surface area contributed by atoms with E-state index in [1.165, 1.54) is 0 Å². The van der Waals surface area contributed by atoms with Crippen molar-refractivity contribution in [3.8, 4) is 22.7 Å². The van der Waals surface area contributed by atoms with Crippen LogP contribution in [0.4, 0.5) is 0 Å². The first-order valence-corrected chi connectivity index (χ1v) is 10.5. The van der Waals surface area contributed by atoms with Crippen LogP contribution in [0.15, 0.2) is 71.3 Å². The molecule has 0 bridgehead atoms. The number of Topliss-reactive ketones (excluding diaryl/α,β-unsaturated/α-hetero) is 1. The smallest absolute Gasteiger partial charge is 0.344 e. The van der Waals surface area contributed by atoms with Gasteiger partial charge >= 0.3 is 5.97 Å². The SMILES string of the molecule is Cc1cc(-n2c(C)cc(C(=O)COC(=O)COc3ccccc3-c3ccccc3)c2C)no1. The van der Waals surface area contributed by atoms with Crippen LogP contribution in [-0.4, -0.2) is 34.7 Å². The molecule has 33 heavy (non-hydrogen) atoms. The van der Waals surface area contributed by atoms with E-state index in [0.29, 0.717) is 28.6 Å². The number of esters is 1. The Morgan fingerprint density at radius 3 is 2.39 bits per heavy atom. The van der Waals surface area contributed by atoms with Gasteiger partial charge in [0.15, 0.2) is 19.0 Å². The van der Waals surface area contributed by atoms with E-state index in [0.717, 1.165) is 16.8 Å². The van der Waals surface area contributed by atoms with Crippen LogP contribution in [0.1, 0.15) is 27.5 Å². The number of benzene rings is 2. The molecule has 0 saturated carbocycles. The molecule has 7 heteroatoms. The van der Waals surface area contributed by atoms with Crippen molar-refractivity contribution < 1.29 is 23.6 Å². The fourth-order valence-electron chi connectivity index (χ4n) is 3.71. The lowest BCUT2D eigenvalue weighted by Gasteiger charge is -2.11. The molecular weight excluding hydrogens is 420 g/mol. The standard InChI is InChI=1S/C26H24N2O5/c1-17-13-22(19(3)28(17)25-14-18(2)33-27-25)23(29)15-32-26(30)16-31-24-12-8-7-11-21(24)20-9-5-4-6-10-20/h4-14H,15-16H2,1-3H3. The summed E-state index contributed by atoms with van der Waals surface area (Å²) < 4.78 is 17.8. The number of aromatic nitrogens is 2. The number of hydrogen-bond acceptors (Lipinski definition) is 6. The van der Waals surface area contributed by atoms with Crippen LogP contribution in [-0.2, 0) is 9.53 Å². The second-order valence-corrected chi connectivity index (χ2v) is 7.65. The predicted molar refractivity (Wildman–Crippen MR) is 123 cm³/mol. The fourth-order valence-corrected chi connectivity index (χ4v) is 3.71. The highest BCUT2D eigenvalue weighted by atomic mass is 16.6. The summed E-state index contributed by atoms with van der Waals surface area (Å²) in [7, 11) is 0. The number of nitrogens with zero attached hydrogens (tertiary/aromatic N) is 2. The van der Waals surface area contributed by atoms with Crippen molar-refractivity contribution in [2.24, 2.45) is 0 Å². The van der Waals surface area contributed by atoms with Crippen molar-refractivity contribution in [2.75, 3.05) is 13.2 Å². The van der Waals surface area contributed by atoms with Gasteiger partial charge in [0.05, 0.1) is 0 Å². The lowest BCUT2D eigenvalue weighted by Crippen LogP contribution is -2.20. The van der Waals surface area contributed by atoms with Gasteiger partial charge in [0.25, 0.3) is 0 Å². The highest BCUT2D eigenvalue weighted by molar-refractivity contribution is 5.99. The summed E-state index contributed by atoms with van der Waals surface area (Å²) in [5, 5.41) is 4.01. The van der Waals surface area contributed by atoms with Crippen LogP contribution in [0, 0.1) is 20.8 Å². The quantitative estimate of drug-likeness (QED) is 0.285. The third kappa shape index (κ3) is 4.87. The molecule has 4 rings (SSSR count). The Morgan fingerprint density at radius 1 is 0.939 bits per heavy atom. The van der Waals surface area contributed by atoms with Gasteiger partial charge in [-0.15, -0.1) is 0 Å². The zero-order chi connectivity index (χ0) is 23.4. The molecule has 0 atom stereocenters. The van der Waals surface area contributed by atoms with E-state index in [-0.39, 0.29) is 19.0 Å². The predicted octanol–water partition coefficient (Wildman–Crippen LogP) is 4.86. The number of hydrogen-bond donors (Lipinski definition) is 0. The van der Waals surface area contributed by atoms with E-state index in [1.807, 2.05) is 66.9 Å². The van der Waals surface area contributed by atoms with Gasteiger partial charge < -0.3 is 14.0 Å². The third-order valence-electron chi connectivity index (χ3n) is 5.26. The minimum Gasteiger partial charge on any atom is -0.481 e. The Morgan fingerprint density at radius 2 is 1.67 bits per heavy atom. The van der Waals surface area contributed by atoms with Gasteiger partial charge in [-0.1, -0.05) is 53.7 Å². The van der Waals surface area contributed by atoms with Crippen LogP contribution < -0.4 is 4.74 Å². The van der Waals surface area contributed by atoms with E-state index in [2.05, 4.69) is 5.16 Å². The normalized spacial score (nSPS) is 10.8. The molecule has 2 aromatic heterocycles. The van der Waals surface area contributed by atoms with Gasteiger partial charge in [0.2, 0.25) is 5.78 Å². The topological polar surface area (TPSA) is 83.6 Å². The molecule has 0 aliphatic carbocycles. The van der Waals surface area contributed by atoms with Crippen LogP contribution in [0.25, 0.3) is 16.9 Å². The van der Waals surface area contributed by atoms with Gasteiger partial charge in [-0.3, -0.25) is 9.36 Å². The van der Waals surface area contributed by atoms with Gasteiger partial charge in [-0.05, 0) is 38.5 Å². The number of rotatable bonds is 8. The molecule has 0 aliphatic rings. The highest BCUT2D eigenvalue weighted by Crippen LogP contribution is 2.29. The second-order valence-electron chi connectivity index (χ2n) is 7.65. The summed E-state index contributed by atoms with van der Waals surface area (Å²) in [6.45, 7) is 4.82. The Kier molecular flexibility index (Phi) is 6.40. The minimum atomic E-state index is -0.618. The largest absolute Gasteiger partial charge is 0.481 e. The molecule has 0 saturated heterocycles. The van der Waals surface area contributed by atoms with Crippen LogP contribution >= 0.6 is 0 Å². The average molecular weight is 444 g/mol. The van der Waals surface area contributed by atoms with E-state index in [1.54, 1.807) is 25.1 Å². The molecule has 0 radical (unpaired) electrons. The Balaban J connectivity index is 1.37. The molecule has 4 aromatic rings. The molecule has 0 spiro atoms. The molecule has 2 aromatic carbocycles. The first-order valence-electron chi connectivity index (χ1n) is 10.5. The van der Waals surface area contributed by atoms with Crippen LogP contribution in [0.5, 0.6) is 5.75 Å². The summed E-state index contributed by atoms with van der Waals surface area (Å²) in [5.74, 6) is 0.926. The van der Waals surface area contributed by atoms with E-state index < -0.39 is 5.97 Å². The van der Waals surface area contributed by atoms with Gasteiger partial charge in [0, 0.05) is 28.6 Å². The minimum absolute atomic E-state index is 0.297. The molecule has 0 amide bonds. The first-order chi connectivity index (χ1) is 15.9. The Labute approximate surface area is 191 Å². The monoisotopic (exact) mass is 444 g/mol. The molecule has 168 valence electrons. The lowest BCUT2D eigenvalue weighted by atomic mass is 10.1. The maximum absolute atomic E-state index is 12.7. The van der Waals surface area contributed by atoms with Gasteiger partial charge in [-0.2, -0.15) is 0 Å². The maximum Gasteiger partial charge on any atom is 0.344 e. The zero-order valence-electron chi connectivity index (χ0n) is 18.7. The molecule has 7 nitrogen and oxygen atoms in total. The summed E-state index contributed by atoms with van der Waals surface area (Å²) in [4.78, 5) is 25.0. The number of aryl methyl sites for hydroxylation is 2. The van der Waals surface area contributed by atoms with Crippen molar-refractivity contribution in [2.45, 2.75) is 20.8 Å². The number of para-hydroxylation sites is 1. The van der Waals surface area contributed by atoms with E-state index >= 15 is 0 Å². The number of carbonyl (C=O) groups is 2. The van der Waals surface area contributed by atoms with Crippen molar-refractivity contribution in [3.63, 3.8) is 0 Å². The number of ether oxygens (including phenoxy) is 2. The first kappa shape index (κ1) is 22.1. The Hall–Kier alpha value is -4.13. The van der Waals surface area contributed by atoms with Crippen LogP contribution in [0.3, 0.4) is 0 Å². The average Bonchev–Trinajstić information content (AvgIpc) is 3.38. The maximum atomic E-state index is 12.7. The summed E-state index contributed by atoms with van der Waals surface area (Å²) in [6, 6.07) is 20.7.